The Bertz CT molecular complexity index is 465. The normalized spacial score (nSPS) is 9.59. The zero-order chi connectivity index (χ0) is 13.0. The van der Waals surface area contributed by atoms with Gasteiger partial charge in [0.1, 0.15) is 6.07 Å². The molecule has 1 aromatic rings. The van der Waals surface area contributed by atoms with Gasteiger partial charge >= 0.3 is 0 Å². The summed E-state index contributed by atoms with van der Waals surface area (Å²) >= 11 is 3.36. The lowest BCUT2D eigenvalue weighted by molar-refractivity contribution is -0.127. The molecule has 0 radical (unpaired) electrons. The maximum Gasteiger partial charge on any atom is 0.241 e. The van der Waals surface area contributed by atoms with Crippen molar-refractivity contribution in [1.29, 1.82) is 5.26 Å². The molecule has 0 unspecified atom stereocenters. The highest BCUT2D eigenvalue weighted by Gasteiger charge is 2.12. The Morgan fingerprint density at radius 1 is 1.41 bits per heavy atom. The van der Waals surface area contributed by atoms with Crippen molar-refractivity contribution in [2.24, 2.45) is 0 Å². The molecule has 1 aromatic carbocycles. The summed E-state index contributed by atoms with van der Waals surface area (Å²) in [5.41, 5.74) is 1.30. The Kier molecular flexibility index (Phi) is 4.53. The van der Waals surface area contributed by atoms with E-state index in [9.17, 15) is 4.79 Å². The minimum atomic E-state index is -0.00337. The Balaban J connectivity index is 2.96. The van der Waals surface area contributed by atoms with E-state index >= 15 is 0 Å². The maximum atomic E-state index is 11.6. The summed E-state index contributed by atoms with van der Waals surface area (Å²) in [6.45, 7) is 0.248. The van der Waals surface area contributed by atoms with Crippen molar-refractivity contribution in [3.8, 4) is 6.07 Å². The minimum Gasteiger partial charge on any atom is -0.364 e. The third-order valence-electron chi connectivity index (χ3n) is 2.36. The third kappa shape index (κ3) is 3.46. The fraction of sp³-hybridized carbons (Fsp3) is 0.333. The summed E-state index contributed by atoms with van der Waals surface area (Å²) < 4.78 is 0.885. The van der Waals surface area contributed by atoms with Gasteiger partial charge < -0.3 is 9.80 Å². The van der Waals surface area contributed by atoms with Crippen LogP contribution in [-0.4, -0.2) is 38.5 Å². The lowest BCUT2D eigenvalue weighted by Crippen LogP contribution is -2.34. The monoisotopic (exact) mass is 295 g/mol. The number of likely N-dealkylation sites (N-methyl/N-ethyl adjacent to an activating group) is 2. The summed E-state index contributed by atoms with van der Waals surface area (Å²) in [6.07, 6.45) is 0. The topological polar surface area (TPSA) is 47.3 Å². The summed E-state index contributed by atoms with van der Waals surface area (Å²) in [5, 5.41) is 9.01. The van der Waals surface area contributed by atoms with Crippen molar-refractivity contribution >= 4 is 27.5 Å². The number of anilines is 1. The quantitative estimate of drug-likeness (QED) is 0.855. The zero-order valence-electron chi connectivity index (χ0n) is 10.1. The Morgan fingerprint density at radius 3 is 2.59 bits per heavy atom. The Morgan fingerprint density at radius 2 is 2.06 bits per heavy atom. The molecule has 0 heterocycles. The number of hydrogen-bond acceptors (Lipinski definition) is 3. The van der Waals surface area contributed by atoms with E-state index in [1.165, 1.54) is 4.90 Å². The van der Waals surface area contributed by atoms with Gasteiger partial charge in [-0.1, -0.05) is 15.9 Å². The summed E-state index contributed by atoms with van der Waals surface area (Å²) in [7, 11) is 5.22. The van der Waals surface area contributed by atoms with Crippen LogP contribution in [0.2, 0.25) is 0 Å². The predicted octanol–water partition coefficient (Wildman–Crippen LogP) is 1.85. The molecule has 0 N–H and O–H groups in total. The molecule has 0 saturated heterocycles. The highest BCUT2D eigenvalue weighted by Crippen LogP contribution is 2.23. The molecular weight excluding hydrogens is 282 g/mol. The van der Waals surface area contributed by atoms with Gasteiger partial charge in [0.25, 0.3) is 0 Å². The molecule has 1 amide bonds. The van der Waals surface area contributed by atoms with Crippen LogP contribution in [0.5, 0.6) is 0 Å². The number of rotatable bonds is 3. The minimum absolute atomic E-state index is 0.00337. The number of hydrogen-bond donors (Lipinski definition) is 0. The SMILES string of the molecule is CN(C)C(=O)CN(C)c1cc(Br)ccc1C#N. The van der Waals surface area contributed by atoms with Crippen LogP contribution < -0.4 is 4.90 Å². The predicted molar refractivity (Wildman–Crippen MR) is 70.8 cm³/mol. The average Bonchev–Trinajstić information content (AvgIpc) is 2.28. The van der Waals surface area contributed by atoms with Gasteiger partial charge in [-0.25, -0.2) is 0 Å². The Labute approximate surface area is 110 Å². The van der Waals surface area contributed by atoms with Crippen molar-refractivity contribution < 1.29 is 4.79 Å². The van der Waals surface area contributed by atoms with Crippen LogP contribution in [0.3, 0.4) is 0 Å². The van der Waals surface area contributed by atoms with Crippen LogP contribution >= 0.6 is 15.9 Å². The highest BCUT2D eigenvalue weighted by molar-refractivity contribution is 9.10. The fourth-order valence-electron chi connectivity index (χ4n) is 1.34. The smallest absolute Gasteiger partial charge is 0.241 e. The first-order valence-corrected chi connectivity index (χ1v) is 5.86. The van der Waals surface area contributed by atoms with E-state index in [4.69, 9.17) is 5.26 Å². The zero-order valence-corrected chi connectivity index (χ0v) is 11.7. The molecule has 0 aliphatic carbocycles. The molecule has 0 aromatic heterocycles. The van der Waals surface area contributed by atoms with Gasteiger partial charge in [-0.3, -0.25) is 4.79 Å². The molecule has 0 atom stereocenters. The van der Waals surface area contributed by atoms with E-state index in [0.29, 0.717) is 5.56 Å². The number of carbonyl (C=O) groups is 1. The van der Waals surface area contributed by atoms with Crippen molar-refractivity contribution in [1.82, 2.24) is 4.90 Å². The fourth-order valence-corrected chi connectivity index (χ4v) is 1.69. The first-order valence-electron chi connectivity index (χ1n) is 5.06. The molecule has 0 spiro atoms. The molecule has 0 bridgehead atoms. The van der Waals surface area contributed by atoms with E-state index in [2.05, 4.69) is 22.0 Å². The van der Waals surface area contributed by atoms with Crippen LogP contribution in [0.4, 0.5) is 5.69 Å². The first-order chi connectivity index (χ1) is 7.95. The van der Waals surface area contributed by atoms with E-state index in [0.717, 1.165) is 10.2 Å². The van der Waals surface area contributed by atoms with Crippen LogP contribution in [0, 0.1) is 11.3 Å². The lowest BCUT2D eigenvalue weighted by atomic mass is 10.2. The molecule has 0 saturated carbocycles. The second kappa shape index (κ2) is 5.69. The lowest BCUT2D eigenvalue weighted by Gasteiger charge is -2.22. The van der Waals surface area contributed by atoms with E-state index in [-0.39, 0.29) is 12.5 Å². The summed E-state index contributed by atoms with van der Waals surface area (Å²) in [4.78, 5) is 14.9. The average molecular weight is 296 g/mol. The van der Waals surface area contributed by atoms with Crippen molar-refractivity contribution in [3.63, 3.8) is 0 Å². The molecular formula is C12H14BrN3O. The number of benzene rings is 1. The van der Waals surface area contributed by atoms with Crippen molar-refractivity contribution in [2.45, 2.75) is 0 Å². The van der Waals surface area contributed by atoms with Gasteiger partial charge in [-0.05, 0) is 18.2 Å². The van der Waals surface area contributed by atoms with Crippen molar-refractivity contribution in [3.05, 3.63) is 28.2 Å². The molecule has 17 heavy (non-hydrogen) atoms. The third-order valence-corrected chi connectivity index (χ3v) is 2.86. The second-order valence-electron chi connectivity index (χ2n) is 3.92. The number of halogens is 1. The molecule has 1 rings (SSSR count). The standard InChI is InChI=1S/C12H14BrN3O/c1-15(2)12(17)8-16(3)11-6-10(13)5-4-9(11)7-14/h4-6H,8H2,1-3H3. The van der Waals surface area contributed by atoms with Gasteiger partial charge in [-0.15, -0.1) is 0 Å². The van der Waals surface area contributed by atoms with Crippen LogP contribution in [-0.2, 0) is 4.79 Å². The first kappa shape index (κ1) is 13.5. The molecule has 4 nitrogen and oxygen atoms in total. The van der Waals surface area contributed by atoms with Gasteiger partial charge in [0.15, 0.2) is 0 Å². The summed E-state index contributed by atoms with van der Waals surface area (Å²) in [5.74, 6) is -0.00337. The molecule has 90 valence electrons. The summed E-state index contributed by atoms with van der Waals surface area (Å²) in [6, 6.07) is 7.49. The van der Waals surface area contributed by atoms with Gasteiger partial charge in [-0.2, -0.15) is 5.26 Å². The molecule has 5 heteroatoms. The van der Waals surface area contributed by atoms with Gasteiger partial charge in [0.2, 0.25) is 5.91 Å². The number of nitriles is 1. The largest absolute Gasteiger partial charge is 0.364 e. The van der Waals surface area contributed by atoms with Crippen LogP contribution in [0.15, 0.2) is 22.7 Å². The van der Waals surface area contributed by atoms with E-state index in [1.807, 2.05) is 12.1 Å². The van der Waals surface area contributed by atoms with Gasteiger partial charge in [0.05, 0.1) is 17.8 Å². The second-order valence-corrected chi connectivity index (χ2v) is 4.83. The molecule has 0 aliphatic rings. The van der Waals surface area contributed by atoms with Crippen LogP contribution in [0.1, 0.15) is 5.56 Å². The van der Waals surface area contributed by atoms with Crippen molar-refractivity contribution in [2.75, 3.05) is 32.6 Å². The Hall–Kier alpha value is -1.54. The maximum absolute atomic E-state index is 11.6. The van der Waals surface area contributed by atoms with E-state index < -0.39 is 0 Å². The molecule has 0 fully saturated rings. The number of amides is 1. The van der Waals surface area contributed by atoms with Gasteiger partial charge in [0, 0.05) is 25.6 Å². The number of carbonyl (C=O) groups excluding carboxylic acids is 1. The number of nitrogens with zero attached hydrogens (tertiary/aromatic N) is 3. The highest BCUT2D eigenvalue weighted by atomic mass is 79.9. The van der Waals surface area contributed by atoms with Crippen LogP contribution in [0.25, 0.3) is 0 Å². The van der Waals surface area contributed by atoms with E-state index in [1.54, 1.807) is 32.1 Å². The molecule has 0 aliphatic heterocycles.